The number of amidine groups is 1. The second-order valence-electron chi connectivity index (χ2n) is 6.96. The van der Waals surface area contributed by atoms with Crippen molar-refractivity contribution in [1.82, 2.24) is 9.71 Å². The second-order valence-corrected chi connectivity index (χ2v) is 9.64. The Morgan fingerprint density at radius 1 is 1.16 bits per heavy atom. The van der Waals surface area contributed by atoms with Gasteiger partial charge < -0.3 is 5.32 Å². The van der Waals surface area contributed by atoms with Gasteiger partial charge in [0.05, 0.1) is 10.6 Å². The SMILES string of the molecule is Cc1nc(-c2ccc(F)cc2)sc1C(=O)Nc1cccc(S(=O)(=O)NC2=NCCC2)c1. The van der Waals surface area contributed by atoms with E-state index < -0.39 is 15.9 Å². The number of nitrogens with one attached hydrogen (secondary N) is 2. The van der Waals surface area contributed by atoms with Gasteiger partial charge in [0.2, 0.25) is 0 Å². The molecule has 1 amide bonds. The van der Waals surface area contributed by atoms with Gasteiger partial charge in [0, 0.05) is 24.2 Å². The maximum Gasteiger partial charge on any atom is 0.267 e. The maximum atomic E-state index is 13.2. The van der Waals surface area contributed by atoms with Crippen LogP contribution in [0.2, 0.25) is 0 Å². The van der Waals surface area contributed by atoms with E-state index in [1.165, 1.54) is 35.6 Å². The van der Waals surface area contributed by atoms with Crippen LogP contribution in [-0.2, 0) is 10.0 Å². The molecule has 0 spiro atoms. The first-order chi connectivity index (χ1) is 14.8. The first-order valence-corrected chi connectivity index (χ1v) is 11.8. The fourth-order valence-corrected chi connectivity index (χ4v) is 5.19. The number of aliphatic imine (C=N–C) groups is 1. The molecule has 0 saturated heterocycles. The Balaban J connectivity index is 1.53. The summed E-state index contributed by atoms with van der Waals surface area (Å²) in [6.07, 6.45) is 1.42. The molecule has 1 aliphatic rings. The van der Waals surface area contributed by atoms with Gasteiger partial charge in [0.25, 0.3) is 15.9 Å². The lowest BCUT2D eigenvalue weighted by Gasteiger charge is -2.10. The van der Waals surface area contributed by atoms with Gasteiger partial charge in [-0.15, -0.1) is 11.3 Å². The lowest BCUT2D eigenvalue weighted by molar-refractivity contribution is 0.102. The third kappa shape index (κ3) is 4.80. The summed E-state index contributed by atoms with van der Waals surface area (Å²) in [5.74, 6) is -0.298. The number of carbonyl (C=O) groups is 1. The van der Waals surface area contributed by atoms with Crippen molar-refractivity contribution in [1.29, 1.82) is 0 Å². The van der Waals surface area contributed by atoms with E-state index in [0.717, 1.165) is 6.42 Å². The van der Waals surface area contributed by atoms with Crippen molar-refractivity contribution in [3.8, 4) is 10.6 Å². The van der Waals surface area contributed by atoms with Gasteiger partial charge in [0.1, 0.15) is 21.5 Å². The summed E-state index contributed by atoms with van der Waals surface area (Å²) >= 11 is 1.18. The van der Waals surface area contributed by atoms with Crippen molar-refractivity contribution in [2.75, 3.05) is 11.9 Å². The third-order valence-corrected chi connectivity index (χ3v) is 7.21. The highest BCUT2D eigenvalue weighted by Crippen LogP contribution is 2.29. The number of nitrogens with zero attached hydrogens (tertiary/aromatic N) is 2. The van der Waals surface area contributed by atoms with E-state index >= 15 is 0 Å². The number of carbonyl (C=O) groups excluding carboxylic acids is 1. The van der Waals surface area contributed by atoms with E-state index in [4.69, 9.17) is 0 Å². The predicted octanol–water partition coefficient (Wildman–Crippen LogP) is 3.98. The van der Waals surface area contributed by atoms with Crippen LogP contribution in [0.5, 0.6) is 0 Å². The van der Waals surface area contributed by atoms with Crippen LogP contribution in [-0.4, -0.2) is 31.7 Å². The lowest BCUT2D eigenvalue weighted by Crippen LogP contribution is -2.29. The number of aryl methyl sites for hydroxylation is 1. The average Bonchev–Trinajstić information content (AvgIpc) is 3.38. The number of hydrogen-bond acceptors (Lipinski definition) is 6. The molecule has 1 aliphatic heterocycles. The van der Waals surface area contributed by atoms with Crippen LogP contribution in [0.3, 0.4) is 0 Å². The van der Waals surface area contributed by atoms with E-state index in [1.807, 2.05) is 0 Å². The first kappa shape index (κ1) is 21.1. The fraction of sp³-hybridized carbons (Fsp3) is 0.190. The molecule has 0 aliphatic carbocycles. The molecule has 4 rings (SSSR count). The number of rotatable bonds is 5. The highest BCUT2D eigenvalue weighted by Gasteiger charge is 2.20. The molecule has 10 heteroatoms. The van der Waals surface area contributed by atoms with Crippen molar-refractivity contribution < 1.29 is 17.6 Å². The van der Waals surface area contributed by atoms with Gasteiger partial charge in [-0.2, -0.15) is 0 Å². The number of hydrogen-bond donors (Lipinski definition) is 2. The smallest absolute Gasteiger partial charge is 0.267 e. The molecule has 3 aromatic rings. The van der Waals surface area contributed by atoms with Crippen molar-refractivity contribution >= 4 is 38.8 Å². The second kappa shape index (κ2) is 8.56. The maximum absolute atomic E-state index is 13.2. The van der Waals surface area contributed by atoms with Crippen molar-refractivity contribution in [2.24, 2.45) is 4.99 Å². The van der Waals surface area contributed by atoms with Crippen molar-refractivity contribution in [3.63, 3.8) is 0 Å². The highest BCUT2D eigenvalue weighted by atomic mass is 32.2. The summed E-state index contributed by atoms with van der Waals surface area (Å²) in [7, 11) is -3.78. The minimum absolute atomic E-state index is 0.0351. The van der Waals surface area contributed by atoms with E-state index in [9.17, 15) is 17.6 Å². The minimum atomic E-state index is -3.78. The topological polar surface area (TPSA) is 101 Å². The molecule has 31 heavy (non-hydrogen) atoms. The number of benzene rings is 2. The molecular weight excluding hydrogens is 439 g/mol. The number of sulfonamides is 1. The predicted molar refractivity (Wildman–Crippen MR) is 118 cm³/mol. The zero-order valence-electron chi connectivity index (χ0n) is 16.6. The van der Waals surface area contributed by atoms with Crippen molar-refractivity contribution in [3.05, 3.63) is 64.9 Å². The molecule has 0 saturated carbocycles. The van der Waals surface area contributed by atoms with Gasteiger partial charge in [-0.05, 0) is 55.8 Å². The van der Waals surface area contributed by atoms with Gasteiger partial charge in [0.15, 0.2) is 0 Å². The number of halogens is 1. The zero-order chi connectivity index (χ0) is 22.0. The van der Waals surface area contributed by atoms with Crippen LogP contribution < -0.4 is 10.0 Å². The molecule has 1 aromatic heterocycles. The molecule has 7 nitrogen and oxygen atoms in total. The molecular formula is C21H19FN4O3S2. The van der Waals surface area contributed by atoms with Gasteiger partial charge in [-0.1, -0.05) is 6.07 Å². The molecule has 0 bridgehead atoms. The first-order valence-electron chi connectivity index (χ1n) is 9.53. The summed E-state index contributed by atoms with van der Waals surface area (Å²) in [4.78, 5) is 21.8. The minimum Gasteiger partial charge on any atom is -0.321 e. The van der Waals surface area contributed by atoms with Gasteiger partial charge >= 0.3 is 0 Å². The Hall–Kier alpha value is -3.11. The van der Waals surface area contributed by atoms with E-state index in [1.54, 1.807) is 31.2 Å². The Bertz CT molecular complexity index is 1270. The molecule has 0 unspecified atom stereocenters. The Morgan fingerprint density at radius 3 is 2.65 bits per heavy atom. The fourth-order valence-electron chi connectivity index (χ4n) is 3.09. The van der Waals surface area contributed by atoms with Crippen molar-refractivity contribution in [2.45, 2.75) is 24.7 Å². The van der Waals surface area contributed by atoms with Crippen LogP contribution in [0.4, 0.5) is 10.1 Å². The van der Waals surface area contributed by atoms with E-state index in [2.05, 4.69) is 20.0 Å². The summed E-state index contributed by atoms with van der Waals surface area (Å²) in [5, 5.41) is 3.33. The highest BCUT2D eigenvalue weighted by molar-refractivity contribution is 7.90. The summed E-state index contributed by atoms with van der Waals surface area (Å²) in [6.45, 7) is 2.33. The lowest BCUT2D eigenvalue weighted by atomic mass is 10.2. The Morgan fingerprint density at radius 2 is 1.94 bits per heavy atom. The summed E-state index contributed by atoms with van der Waals surface area (Å²) in [5.41, 5.74) is 1.59. The third-order valence-electron chi connectivity index (χ3n) is 4.62. The molecule has 0 fully saturated rings. The molecule has 160 valence electrons. The monoisotopic (exact) mass is 458 g/mol. The summed E-state index contributed by atoms with van der Waals surface area (Å²) < 4.78 is 40.8. The Labute approximate surface area is 183 Å². The van der Waals surface area contributed by atoms with Gasteiger partial charge in [-0.25, -0.2) is 17.8 Å². The molecule has 2 aromatic carbocycles. The van der Waals surface area contributed by atoms with Crippen LogP contribution in [0, 0.1) is 12.7 Å². The normalized spacial score (nSPS) is 13.7. The molecule has 2 heterocycles. The molecule has 0 radical (unpaired) electrons. The number of anilines is 1. The quantitative estimate of drug-likeness (QED) is 0.604. The zero-order valence-corrected chi connectivity index (χ0v) is 18.2. The van der Waals surface area contributed by atoms with Gasteiger partial charge in [-0.3, -0.25) is 14.5 Å². The van der Waals surface area contributed by atoms with Crippen LogP contribution in [0.15, 0.2) is 58.4 Å². The number of thiazole rings is 1. The number of amides is 1. The Kier molecular flexibility index (Phi) is 5.84. The van der Waals surface area contributed by atoms with Crippen LogP contribution >= 0.6 is 11.3 Å². The van der Waals surface area contributed by atoms with E-state index in [0.29, 0.717) is 45.6 Å². The number of aromatic nitrogens is 1. The molecule has 0 atom stereocenters. The van der Waals surface area contributed by atoms with Crippen LogP contribution in [0.25, 0.3) is 10.6 Å². The average molecular weight is 459 g/mol. The standard InChI is InChI=1S/C21H19FN4O3S2/c1-13-19(30-21(24-13)14-7-9-15(22)10-8-14)20(27)25-16-4-2-5-17(12-16)31(28,29)26-18-6-3-11-23-18/h2,4-5,7-10,12H,3,6,11H2,1H3,(H,23,26)(H,25,27). The van der Waals surface area contributed by atoms with E-state index in [-0.39, 0.29) is 10.7 Å². The summed E-state index contributed by atoms with van der Waals surface area (Å²) in [6, 6.07) is 11.9. The largest absolute Gasteiger partial charge is 0.321 e. The van der Waals surface area contributed by atoms with Crippen LogP contribution in [0.1, 0.15) is 28.2 Å². The molecule has 2 N–H and O–H groups in total.